The molecule has 1 aliphatic heterocycles. The molecule has 0 saturated carbocycles. The van der Waals surface area contributed by atoms with Gasteiger partial charge in [0.2, 0.25) is 5.91 Å². The number of nitrogens with one attached hydrogen (secondary N) is 2. The van der Waals surface area contributed by atoms with Crippen molar-refractivity contribution < 1.29 is 9.59 Å². The molecule has 0 aliphatic carbocycles. The number of hydrogen-bond donors (Lipinski definition) is 2. The summed E-state index contributed by atoms with van der Waals surface area (Å²) >= 11 is 0. The minimum Gasteiger partial charge on any atom is -0.357 e. The number of fused-ring (bicyclic) bond motifs is 1. The summed E-state index contributed by atoms with van der Waals surface area (Å²) in [4.78, 5) is 35.3. The van der Waals surface area contributed by atoms with Gasteiger partial charge in [-0.1, -0.05) is 13.8 Å². The Hall–Kier alpha value is -2.70. The van der Waals surface area contributed by atoms with Gasteiger partial charge in [0, 0.05) is 43.3 Å². The molecule has 0 unspecified atom stereocenters. The topological polar surface area (TPSA) is 87.2 Å². The summed E-state index contributed by atoms with van der Waals surface area (Å²) < 4.78 is 0. The molecule has 1 saturated heterocycles. The lowest BCUT2D eigenvalue weighted by Gasteiger charge is -2.33. The number of piperidine rings is 1. The van der Waals surface area contributed by atoms with Gasteiger partial charge in [0.15, 0.2) is 5.65 Å². The van der Waals surface area contributed by atoms with Gasteiger partial charge < -0.3 is 15.5 Å². The van der Waals surface area contributed by atoms with E-state index in [4.69, 9.17) is 4.98 Å². The van der Waals surface area contributed by atoms with Crippen LogP contribution in [0.1, 0.15) is 38.3 Å². The molecule has 1 aliphatic rings. The smallest absolute Gasteiger partial charge is 0.318 e. The van der Waals surface area contributed by atoms with Gasteiger partial charge in [-0.3, -0.25) is 4.79 Å². The summed E-state index contributed by atoms with van der Waals surface area (Å²) in [7, 11) is 1.58. The van der Waals surface area contributed by atoms with Crippen molar-refractivity contribution in [3.05, 3.63) is 36.2 Å². The molecule has 3 heterocycles. The number of nitrogens with zero attached hydrogens (tertiary/aromatic N) is 3. The van der Waals surface area contributed by atoms with E-state index in [9.17, 15) is 9.59 Å². The summed E-state index contributed by atoms with van der Waals surface area (Å²) in [6.45, 7) is 5.14. The van der Waals surface area contributed by atoms with Gasteiger partial charge in [0.1, 0.15) is 6.04 Å². The molecule has 0 spiro atoms. The predicted molar refractivity (Wildman–Crippen MR) is 104 cm³/mol. The maximum Gasteiger partial charge on any atom is 0.318 e. The van der Waals surface area contributed by atoms with Crippen LogP contribution in [0.15, 0.2) is 30.5 Å². The maximum absolute atomic E-state index is 12.6. The normalized spacial score (nSPS) is 16.4. The highest BCUT2D eigenvalue weighted by molar-refractivity contribution is 5.87. The van der Waals surface area contributed by atoms with Crippen molar-refractivity contribution in [1.29, 1.82) is 0 Å². The molecule has 0 aromatic carbocycles. The third kappa shape index (κ3) is 4.35. The Balaban J connectivity index is 1.60. The van der Waals surface area contributed by atoms with Gasteiger partial charge in [-0.15, -0.1) is 0 Å². The zero-order valence-electron chi connectivity index (χ0n) is 16.1. The fourth-order valence-electron chi connectivity index (χ4n) is 3.49. The highest BCUT2D eigenvalue weighted by atomic mass is 16.2. The van der Waals surface area contributed by atoms with Gasteiger partial charge in [-0.05, 0) is 43.0 Å². The molecule has 0 bridgehead atoms. The standard InChI is InChI=1S/C20H27N5O2/c1-13(2)17(19(26)21-3)24-20(27)25-11-8-14(9-12-25)16-7-6-15-5-4-10-22-18(15)23-16/h4-7,10,13-14,17H,8-9,11-12H2,1-3H3,(H,21,26)(H,24,27)/t17-/m0/s1. The van der Waals surface area contributed by atoms with Crippen molar-refractivity contribution in [2.75, 3.05) is 20.1 Å². The first-order chi connectivity index (χ1) is 13.0. The number of aromatic nitrogens is 2. The maximum atomic E-state index is 12.6. The quantitative estimate of drug-likeness (QED) is 0.866. The Kier molecular flexibility index (Phi) is 5.88. The molecule has 1 atom stereocenters. The van der Waals surface area contributed by atoms with Crippen LogP contribution in [0, 0.1) is 5.92 Å². The Bertz CT molecular complexity index is 815. The lowest BCUT2D eigenvalue weighted by atomic mass is 9.93. The van der Waals surface area contributed by atoms with E-state index >= 15 is 0 Å². The number of likely N-dealkylation sites (tertiary alicyclic amines) is 1. The van der Waals surface area contributed by atoms with Crippen molar-refractivity contribution in [1.82, 2.24) is 25.5 Å². The first-order valence-corrected chi connectivity index (χ1v) is 9.48. The van der Waals surface area contributed by atoms with E-state index in [1.54, 1.807) is 18.1 Å². The third-order valence-electron chi connectivity index (χ3n) is 5.16. The molecule has 27 heavy (non-hydrogen) atoms. The first kappa shape index (κ1) is 19.1. The second-order valence-electron chi connectivity index (χ2n) is 7.33. The van der Waals surface area contributed by atoms with E-state index in [0.29, 0.717) is 19.0 Å². The largest absolute Gasteiger partial charge is 0.357 e. The predicted octanol–water partition coefficient (Wildman–Crippen LogP) is 2.29. The van der Waals surface area contributed by atoms with E-state index < -0.39 is 6.04 Å². The molecule has 3 rings (SSSR count). The van der Waals surface area contributed by atoms with Crippen LogP contribution in [-0.4, -0.2) is 53.0 Å². The zero-order valence-corrected chi connectivity index (χ0v) is 16.1. The number of carbonyl (C=O) groups is 2. The van der Waals surface area contributed by atoms with Crippen LogP contribution in [0.3, 0.4) is 0 Å². The van der Waals surface area contributed by atoms with Crippen LogP contribution in [0.25, 0.3) is 11.0 Å². The van der Waals surface area contributed by atoms with Gasteiger partial charge in [0.25, 0.3) is 0 Å². The first-order valence-electron chi connectivity index (χ1n) is 9.48. The molecule has 1 fully saturated rings. The van der Waals surface area contributed by atoms with E-state index in [0.717, 1.165) is 29.6 Å². The number of rotatable bonds is 4. The van der Waals surface area contributed by atoms with Crippen LogP contribution in [-0.2, 0) is 4.79 Å². The van der Waals surface area contributed by atoms with Crippen LogP contribution in [0.2, 0.25) is 0 Å². The molecule has 3 amide bonds. The highest BCUT2D eigenvalue weighted by Gasteiger charge is 2.29. The van der Waals surface area contributed by atoms with Crippen LogP contribution < -0.4 is 10.6 Å². The average molecular weight is 369 g/mol. The minimum atomic E-state index is -0.520. The molecule has 144 valence electrons. The van der Waals surface area contributed by atoms with Gasteiger partial charge in [-0.2, -0.15) is 0 Å². The fraction of sp³-hybridized carbons (Fsp3) is 0.500. The van der Waals surface area contributed by atoms with Crippen LogP contribution in [0.5, 0.6) is 0 Å². The second kappa shape index (κ2) is 8.33. The molecule has 2 N–H and O–H groups in total. The summed E-state index contributed by atoms with van der Waals surface area (Å²) in [6, 6.07) is 7.33. The Labute approximate surface area is 159 Å². The number of pyridine rings is 2. The SMILES string of the molecule is CNC(=O)[C@@H](NC(=O)N1CCC(c2ccc3cccnc3n2)CC1)C(C)C. The number of likely N-dealkylation sites (N-methyl/N-ethyl adjacent to an activating group) is 1. The average Bonchev–Trinajstić information content (AvgIpc) is 2.70. The van der Waals surface area contributed by atoms with Gasteiger partial charge >= 0.3 is 6.03 Å². The van der Waals surface area contributed by atoms with E-state index in [1.807, 2.05) is 26.0 Å². The van der Waals surface area contributed by atoms with E-state index in [2.05, 4.69) is 27.8 Å². The third-order valence-corrected chi connectivity index (χ3v) is 5.16. The van der Waals surface area contributed by atoms with Crippen molar-refractivity contribution >= 4 is 23.0 Å². The fourth-order valence-corrected chi connectivity index (χ4v) is 3.49. The number of hydrogen-bond acceptors (Lipinski definition) is 4. The summed E-state index contributed by atoms with van der Waals surface area (Å²) in [5, 5.41) is 6.51. The van der Waals surface area contributed by atoms with Gasteiger partial charge in [0.05, 0.1) is 0 Å². The Morgan fingerprint density at radius 3 is 2.59 bits per heavy atom. The zero-order chi connectivity index (χ0) is 19.4. The summed E-state index contributed by atoms with van der Waals surface area (Å²) in [5.74, 6) is 0.183. The number of carbonyl (C=O) groups excluding carboxylic acids is 2. The van der Waals surface area contributed by atoms with Crippen LogP contribution in [0.4, 0.5) is 4.79 Å². The summed E-state index contributed by atoms with van der Waals surface area (Å²) in [6.07, 6.45) is 3.46. The van der Waals surface area contributed by atoms with E-state index in [1.165, 1.54) is 0 Å². The summed E-state index contributed by atoms with van der Waals surface area (Å²) in [5.41, 5.74) is 1.80. The Morgan fingerprint density at radius 2 is 1.93 bits per heavy atom. The van der Waals surface area contributed by atoms with Crippen molar-refractivity contribution in [3.63, 3.8) is 0 Å². The number of urea groups is 1. The van der Waals surface area contributed by atoms with Crippen molar-refractivity contribution in [2.24, 2.45) is 5.92 Å². The van der Waals surface area contributed by atoms with Crippen LogP contribution >= 0.6 is 0 Å². The monoisotopic (exact) mass is 369 g/mol. The van der Waals surface area contributed by atoms with Crippen molar-refractivity contribution in [3.8, 4) is 0 Å². The molecular weight excluding hydrogens is 342 g/mol. The van der Waals surface area contributed by atoms with Crippen molar-refractivity contribution in [2.45, 2.75) is 38.6 Å². The minimum absolute atomic E-state index is 0.0285. The second-order valence-corrected chi connectivity index (χ2v) is 7.33. The molecular formula is C20H27N5O2. The molecule has 0 radical (unpaired) electrons. The molecule has 7 nitrogen and oxygen atoms in total. The highest BCUT2D eigenvalue weighted by Crippen LogP contribution is 2.27. The Morgan fingerprint density at radius 1 is 1.19 bits per heavy atom. The molecule has 2 aromatic rings. The lowest BCUT2D eigenvalue weighted by molar-refractivity contribution is -0.123. The van der Waals surface area contributed by atoms with Gasteiger partial charge in [-0.25, -0.2) is 14.8 Å². The molecule has 2 aromatic heterocycles. The molecule has 7 heteroatoms. The van der Waals surface area contributed by atoms with E-state index in [-0.39, 0.29) is 17.9 Å². The lowest BCUT2D eigenvalue weighted by Crippen LogP contribution is -2.54. The number of amides is 3.